The van der Waals surface area contributed by atoms with Crippen molar-refractivity contribution in [1.29, 1.82) is 0 Å². The van der Waals surface area contributed by atoms with Gasteiger partial charge >= 0.3 is 0 Å². The Kier molecular flexibility index (Phi) is 3.99. The van der Waals surface area contributed by atoms with Crippen LogP contribution in [0.15, 0.2) is 85.2 Å². The lowest BCUT2D eigenvalue weighted by Gasteiger charge is -2.38. The van der Waals surface area contributed by atoms with Crippen molar-refractivity contribution in [3.05, 3.63) is 91.1 Å². The van der Waals surface area contributed by atoms with E-state index in [1.807, 2.05) is 47.3 Å². The Labute approximate surface area is 179 Å². The minimum atomic E-state index is 0.0555. The molecule has 1 aliphatic heterocycles. The molecule has 0 radical (unpaired) electrons. The zero-order chi connectivity index (χ0) is 20.8. The highest BCUT2D eigenvalue weighted by Crippen LogP contribution is 2.42. The minimum absolute atomic E-state index is 0.0555. The highest BCUT2D eigenvalue weighted by Gasteiger charge is 2.35. The van der Waals surface area contributed by atoms with Gasteiger partial charge in [-0.25, -0.2) is 9.97 Å². The quantitative estimate of drug-likeness (QED) is 0.497. The fourth-order valence-corrected chi connectivity index (χ4v) is 4.21. The van der Waals surface area contributed by atoms with E-state index >= 15 is 0 Å². The summed E-state index contributed by atoms with van der Waals surface area (Å²) in [6, 6.07) is 12.2. The van der Waals surface area contributed by atoms with Crippen molar-refractivity contribution in [2.45, 2.75) is 19.4 Å². The lowest BCUT2D eigenvalue weighted by atomic mass is 10.0. The topological polar surface area (TPSA) is 72.6 Å². The van der Waals surface area contributed by atoms with Crippen LogP contribution >= 0.6 is 0 Å². The summed E-state index contributed by atoms with van der Waals surface area (Å²) in [5.41, 5.74) is 5.03. The lowest BCUT2D eigenvalue weighted by Crippen LogP contribution is -2.35. The molecule has 150 valence electrons. The van der Waals surface area contributed by atoms with Crippen LogP contribution in [0.4, 0.5) is 5.82 Å². The Morgan fingerprint density at radius 2 is 1.90 bits per heavy atom. The van der Waals surface area contributed by atoms with Gasteiger partial charge in [-0.1, -0.05) is 43.3 Å². The summed E-state index contributed by atoms with van der Waals surface area (Å²) in [5, 5.41) is 8.55. The van der Waals surface area contributed by atoms with E-state index in [1.54, 1.807) is 12.5 Å². The maximum absolute atomic E-state index is 5.07. The maximum atomic E-state index is 5.07. The molecular formula is C24H19N7. The van der Waals surface area contributed by atoms with E-state index in [4.69, 9.17) is 9.97 Å². The van der Waals surface area contributed by atoms with Crippen LogP contribution in [-0.4, -0.2) is 29.7 Å². The molecule has 0 bridgehead atoms. The molecule has 0 spiro atoms. The molecule has 2 aliphatic rings. The maximum Gasteiger partial charge on any atom is 0.162 e. The third-order valence-electron chi connectivity index (χ3n) is 5.77. The Balaban J connectivity index is 1.55. The predicted molar refractivity (Wildman–Crippen MR) is 118 cm³/mol. The first-order chi connectivity index (χ1) is 15.3. The SMILES string of the molecule is CC[C@@H]1c2nncn2-c2cnc(-c3ccncc3-c3ccccc3)nc2N1C1=CC=C1. The number of hydrogen-bond acceptors (Lipinski definition) is 6. The molecule has 7 heteroatoms. The van der Waals surface area contributed by atoms with Crippen molar-refractivity contribution in [2.75, 3.05) is 4.90 Å². The first-order valence-electron chi connectivity index (χ1n) is 10.3. The van der Waals surface area contributed by atoms with Gasteiger partial charge in [-0.15, -0.1) is 10.2 Å². The van der Waals surface area contributed by atoms with Gasteiger partial charge in [0, 0.05) is 29.2 Å². The van der Waals surface area contributed by atoms with Crippen LogP contribution in [0, 0.1) is 0 Å². The molecule has 0 amide bonds. The molecule has 7 nitrogen and oxygen atoms in total. The molecule has 0 fully saturated rings. The third kappa shape index (κ3) is 2.70. The fourth-order valence-electron chi connectivity index (χ4n) is 4.21. The highest BCUT2D eigenvalue weighted by molar-refractivity contribution is 5.81. The number of aromatic nitrogens is 6. The van der Waals surface area contributed by atoms with E-state index in [1.165, 1.54) is 0 Å². The number of hydrogen-bond donors (Lipinski definition) is 0. The molecule has 1 atom stereocenters. The Hall–Kier alpha value is -4.13. The number of rotatable bonds is 4. The Bertz CT molecular complexity index is 1340. The summed E-state index contributed by atoms with van der Waals surface area (Å²) in [6.07, 6.45) is 14.4. The smallest absolute Gasteiger partial charge is 0.162 e. The normalized spacial score (nSPS) is 16.4. The van der Waals surface area contributed by atoms with Gasteiger partial charge in [-0.05, 0) is 30.2 Å². The molecular weight excluding hydrogens is 386 g/mol. The van der Waals surface area contributed by atoms with Crippen LogP contribution in [0.2, 0.25) is 0 Å². The zero-order valence-electron chi connectivity index (χ0n) is 16.9. The number of pyridine rings is 1. The molecule has 6 rings (SSSR count). The van der Waals surface area contributed by atoms with Gasteiger partial charge < -0.3 is 4.90 Å². The van der Waals surface area contributed by atoms with Crippen molar-refractivity contribution in [2.24, 2.45) is 0 Å². The number of fused-ring (bicyclic) bond motifs is 3. The van der Waals surface area contributed by atoms with Crippen LogP contribution < -0.4 is 4.90 Å². The second-order valence-electron chi connectivity index (χ2n) is 7.49. The molecule has 4 aromatic rings. The van der Waals surface area contributed by atoms with E-state index in [0.29, 0.717) is 5.82 Å². The summed E-state index contributed by atoms with van der Waals surface area (Å²) >= 11 is 0. The average molecular weight is 405 g/mol. The van der Waals surface area contributed by atoms with Crippen LogP contribution in [0.5, 0.6) is 0 Å². The first-order valence-corrected chi connectivity index (χ1v) is 10.3. The summed E-state index contributed by atoms with van der Waals surface area (Å²) < 4.78 is 2.00. The second-order valence-corrected chi connectivity index (χ2v) is 7.49. The van der Waals surface area contributed by atoms with E-state index in [9.17, 15) is 0 Å². The Morgan fingerprint density at radius 1 is 1.03 bits per heavy atom. The monoisotopic (exact) mass is 405 g/mol. The molecule has 4 heterocycles. The van der Waals surface area contributed by atoms with Crippen molar-refractivity contribution in [1.82, 2.24) is 29.7 Å². The van der Waals surface area contributed by atoms with Gasteiger partial charge in [0.1, 0.15) is 12.0 Å². The summed E-state index contributed by atoms with van der Waals surface area (Å²) in [7, 11) is 0. The van der Waals surface area contributed by atoms with Crippen molar-refractivity contribution >= 4 is 5.82 Å². The minimum Gasteiger partial charge on any atom is -0.314 e. The van der Waals surface area contributed by atoms with Crippen LogP contribution in [0.3, 0.4) is 0 Å². The van der Waals surface area contributed by atoms with Gasteiger partial charge in [-0.2, -0.15) is 0 Å². The van der Waals surface area contributed by atoms with E-state index in [0.717, 1.165) is 46.1 Å². The van der Waals surface area contributed by atoms with Gasteiger partial charge in [-0.3, -0.25) is 9.55 Å². The molecule has 1 aliphatic carbocycles. The van der Waals surface area contributed by atoms with E-state index < -0.39 is 0 Å². The molecule has 0 saturated heterocycles. The van der Waals surface area contributed by atoms with Crippen LogP contribution in [-0.2, 0) is 0 Å². The lowest BCUT2D eigenvalue weighted by molar-refractivity contribution is 0.576. The van der Waals surface area contributed by atoms with Crippen molar-refractivity contribution < 1.29 is 0 Å². The summed E-state index contributed by atoms with van der Waals surface area (Å²) in [4.78, 5) is 16.4. The van der Waals surface area contributed by atoms with Crippen molar-refractivity contribution in [3.8, 4) is 28.2 Å². The Morgan fingerprint density at radius 3 is 2.68 bits per heavy atom. The largest absolute Gasteiger partial charge is 0.314 e. The van der Waals surface area contributed by atoms with E-state index in [2.05, 4.69) is 51.3 Å². The molecule has 31 heavy (non-hydrogen) atoms. The summed E-state index contributed by atoms with van der Waals surface area (Å²) in [5.74, 6) is 2.43. The van der Waals surface area contributed by atoms with Crippen LogP contribution in [0.25, 0.3) is 28.2 Å². The number of anilines is 1. The third-order valence-corrected chi connectivity index (χ3v) is 5.77. The first kappa shape index (κ1) is 17.7. The standard InChI is InChI=1S/C24H19N7/c1-2-20-24-29-27-15-30(24)21-14-26-22(28-23(21)31(20)17-9-6-10-17)18-11-12-25-13-19(18)16-7-4-3-5-8-16/h3-15,20H,2H2,1H3/t20-/m1/s1. The molecule has 0 saturated carbocycles. The van der Waals surface area contributed by atoms with Crippen molar-refractivity contribution in [3.63, 3.8) is 0 Å². The zero-order valence-corrected chi connectivity index (χ0v) is 16.9. The van der Waals surface area contributed by atoms with Gasteiger partial charge in [0.25, 0.3) is 0 Å². The number of benzene rings is 1. The van der Waals surface area contributed by atoms with Gasteiger partial charge in [0.2, 0.25) is 0 Å². The van der Waals surface area contributed by atoms with E-state index in [-0.39, 0.29) is 6.04 Å². The highest BCUT2D eigenvalue weighted by atomic mass is 15.4. The number of nitrogens with zero attached hydrogens (tertiary/aromatic N) is 7. The molecule has 0 N–H and O–H groups in total. The fraction of sp³-hybridized carbons (Fsp3) is 0.125. The van der Waals surface area contributed by atoms with Gasteiger partial charge in [0.05, 0.1) is 12.2 Å². The average Bonchev–Trinajstić information content (AvgIpc) is 3.28. The predicted octanol–water partition coefficient (Wildman–Crippen LogP) is 4.51. The second kappa shape index (κ2) is 6.98. The molecule has 3 aromatic heterocycles. The van der Waals surface area contributed by atoms with Gasteiger partial charge in [0.15, 0.2) is 17.5 Å². The number of allylic oxidation sites excluding steroid dienone is 3. The van der Waals surface area contributed by atoms with Crippen LogP contribution in [0.1, 0.15) is 25.2 Å². The molecule has 0 unspecified atom stereocenters. The molecule has 1 aromatic carbocycles. The summed E-state index contributed by atoms with van der Waals surface area (Å²) in [6.45, 7) is 2.16.